The summed E-state index contributed by atoms with van der Waals surface area (Å²) in [5, 5.41) is 3.55. The molecule has 0 aliphatic heterocycles. The molecule has 4 nitrogen and oxygen atoms in total. The minimum Gasteiger partial charge on any atom is -0.375 e. The van der Waals surface area contributed by atoms with Crippen molar-refractivity contribution in [3.05, 3.63) is 34.9 Å². The van der Waals surface area contributed by atoms with Gasteiger partial charge in [-0.1, -0.05) is 23.7 Å². The summed E-state index contributed by atoms with van der Waals surface area (Å²) < 4.78 is 5.41. The van der Waals surface area contributed by atoms with Crippen molar-refractivity contribution < 1.29 is 9.53 Å². The first-order chi connectivity index (χ1) is 9.43. The molecule has 20 heavy (non-hydrogen) atoms. The van der Waals surface area contributed by atoms with Gasteiger partial charge in [0.2, 0.25) is 5.91 Å². The standard InChI is InChI=1S/C15H23ClN2O2/c1-11(2)18(3)10-15(19)17-9-14(20-4)12-6-5-7-13(16)8-12/h5-8,11,14H,9-10H2,1-4H3,(H,17,19)/t14-/m1/s1. The van der Waals surface area contributed by atoms with Gasteiger partial charge in [-0.15, -0.1) is 0 Å². The highest BCUT2D eigenvalue weighted by Gasteiger charge is 2.14. The molecule has 1 rings (SSSR count). The van der Waals surface area contributed by atoms with Crippen molar-refractivity contribution in [3.8, 4) is 0 Å². The van der Waals surface area contributed by atoms with Gasteiger partial charge in [0.1, 0.15) is 0 Å². The van der Waals surface area contributed by atoms with E-state index in [4.69, 9.17) is 16.3 Å². The number of hydrogen-bond donors (Lipinski definition) is 1. The van der Waals surface area contributed by atoms with Gasteiger partial charge in [0, 0.05) is 24.7 Å². The highest BCUT2D eigenvalue weighted by molar-refractivity contribution is 6.30. The zero-order valence-corrected chi connectivity index (χ0v) is 13.3. The summed E-state index contributed by atoms with van der Waals surface area (Å²) in [5.41, 5.74) is 0.956. The SMILES string of the molecule is CO[C@H](CNC(=O)CN(C)C(C)C)c1cccc(Cl)c1. The molecule has 1 atom stereocenters. The molecule has 0 aliphatic rings. The Hall–Kier alpha value is -1.10. The maximum absolute atomic E-state index is 11.8. The summed E-state index contributed by atoms with van der Waals surface area (Å²) in [6.45, 7) is 4.92. The van der Waals surface area contributed by atoms with E-state index in [2.05, 4.69) is 19.2 Å². The molecule has 1 amide bonds. The fraction of sp³-hybridized carbons (Fsp3) is 0.533. The molecule has 0 fully saturated rings. The van der Waals surface area contributed by atoms with Gasteiger partial charge in [-0.05, 0) is 38.6 Å². The number of benzene rings is 1. The molecule has 0 spiro atoms. The Balaban J connectivity index is 2.51. The second-order valence-electron chi connectivity index (χ2n) is 5.09. The van der Waals surface area contributed by atoms with Crippen LogP contribution in [0.3, 0.4) is 0 Å². The van der Waals surface area contributed by atoms with Gasteiger partial charge in [-0.25, -0.2) is 0 Å². The lowest BCUT2D eigenvalue weighted by Gasteiger charge is -2.21. The molecule has 1 N–H and O–H groups in total. The van der Waals surface area contributed by atoms with Crippen LogP contribution in [0, 0.1) is 0 Å². The van der Waals surface area contributed by atoms with Crippen LogP contribution in [-0.2, 0) is 9.53 Å². The van der Waals surface area contributed by atoms with E-state index in [1.165, 1.54) is 0 Å². The van der Waals surface area contributed by atoms with Crippen LogP contribution in [-0.4, -0.2) is 44.1 Å². The van der Waals surface area contributed by atoms with Crippen LogP contribution in [0.15, 0.2) is 24.3 Å². The maximum Gasteiger partial charge on any atom is 0.234 e. The van der Waals surface area contributed by atoms with E-state index in [0.717, 1.165) is 5.56 Å². The summed E-state index contributed by atoms with van der Waals surface area (Å²) in [5.74, 6) is -0.00900. The average molecular weight is 299 g/mol. The van der Waals surface area contributed by atoms with Gasteiger partial charge in [-0.2, -0.15) is 0 Å². The van der Waals surface area contributed by atoms with Crippen molar-refractivity contribution in [2.24, 2.45) is 0 Å². The third-order valence-corrected chi connectivity index (χ3v) is 3.50. The maximum atomic E-state index is 11.8. The minimum atomic E-state index is -0.193. The van der Waals surface area contributed by atoms with Crippen LogP contribution in [0.1, 0.15) is 25.5 Å². The van der Waals surface area contributed by atoms with E-state index in [-0.39, 0.29) is 12.0 Å². The van der Waals surface area contributed by atoms with Crippen LogP contribution in [0.25, 0.3) is 0 Å². The number of carbonyl (C=O) groups is 1. The van der Waals surface area contributed by atoms with Crippen molar-refractivity contribution >= 4 is 17.5 Å². The number of likely N-dealkylation sites (N-methyl/N-ethyl adjacent to an activating group) is 1. The summed E-state index contributed by atoms with van der Waals surface area (Å²) in [6.07, 6.45) is -0.193. The molecule has 0 saturated heterocycles. The van der Waals surface area contributed by atoms with Gasteiger partial charge < -0.3 is 10.1 Å². The zero-order valence-electron chi connectivity index (χ0n) is 12.5. The number of hydrogen-bond acceptors (Lipinski definition) is 3. The first-order valence-corrected chi connectivity index (χ1v) is 7.07. The zero-order chi connectivity index (χ0) is 15.1. The van der Waals surface area contributed by atoms with Crippen LogP contribution < -0.4 is 5.32 Å². The highest BCUT2D eigenvalue weighted by atomic mass is 35.5. The van der Waals surface area contributed by atoms with E-state index in [9.17, 15) is 4.79 Å². The molecular weight excluding hydrogens is 276 g/mol. The molecule has 0 heterocycles. The number of rotatable bonds is 7. The van der Waals surface area contributed by atoms with Crippen molar-refractivity contribution in [2.45, 2.75) is 26.0 Å². The predicted octanol–water partition coefficient (Wildman–Crippen LogP) is 2.48. The van der Waals surface area contributed by atoms with Crippen LogP contribution in [0.5, 0.6) is 0 Å². The molecule has 5 heteroatoms. The Kier molecular flexibility index (Phi) is 6.99. The van der Waals surface area contributed by atoms with E-state index in [0.29, 0.717) is 24.2 Å². The molecule has 1 aromatic rings. The van der Waals surface area contributed by atoms with Crippen molar-refractivity contribution in [1.82, 2.24) is 10.2 Å². The van der Waals surface area contributed by atoms with Gasteiger partial charge in [0.05, 0.1) is 12.6 Å². The summed E-state index contributed by atoms with van der Waals surface area (Å²) in [6, 6.07) is 7.81. The number of nitrogens with zero attached hydrogens (tertiary/aromatic N) is 1. The lowest BCUT2D eigenvalue weighted by molar-refractivity contribution is -0.122. The first kappa shape index (κ1) is 17.0. The number of methoxy groups -OCH3 is 1. The second-order valence-corrected chi connectivity index (χ2v) is 5.53. The van der Waals surface area contributed by atoms with E-state index < -0.39 is 0 Å². The van der Waals surface area contributed by atoms with Crippen LogP contribution in [0.4, 0.5) is 0 Å². The smallest absolute Gasteiger partial charge is 0.234 e. The number of halogens is 1. The van der Waals surface area contributed by atoms with Crippen LogP contribution in [0.2, 0.25) is 5.02 Å². The monoisotopic (exact) mass is 298 g/mol. The Morgan fingerprint density at radius 1 is 1.45 bits per heavy atom. The van der Waals surface area contributed by atoms with E-state index >= 15 is 0 Å². The molecule has 0 aliphatic carbocycles. The largest absolute Gasteiger partial charge is 0.375 e. The summed E-state index contributed by atoms with van der Waals surface area (Å²) in [4.78, 5) is 13.8. The third kappa shape index (κ3) is 5.49. The van der Waals surface area contributed by atoms with Gasteiger partial charge in [0.15, 0.2) is 0 Å². The summed E-state index contributed by atoms with van der Waals surface area (Å²) in [7, 11) is 3.55. The fourth-order valence-electron chi connectivity index (χ4n) is 1.72. The van der Waals surface area contributed by atoms with Gasteiger partial charge in [0.25, 0.3) is 0 Å². The quantitative estimate of drug-likeness (QED) is 0.841. The van der Waals surface area contributed by atoms with Crippen molar-refractivity contribution in [3.63, 3.8) is 0 Å². The molecule has 0 saturated carbocycles. The molecule has 1 aromatic carbocycles. The number of ether oxygens (including phenoxy) is 1. The lowest BCUT2D eigenvalue weighted by Crippen LogP contribution is -2.39. The topological polar surface area (TPSA) is 41.6 Å². The molecule has 0 aromatic heterocycles. The molecule has 112 valence electrons. The molecule has 0 unspecified atom stereocenters. The highest BCUT2D eigenvalue weighted by Crippen LogP contribution is 2.19. The van der Waals surface area contributed by atoms with Crippen LogP contribution >= 0.6 is 11.6 Å². The molecule has 0 bridgehead atoms. The number of amides is 1. The van der Waals surface area contributed by atoms with E-state index in [1.54, 1.807) is 7.11 Å². The Morgan fingerprint density at radius 2 is 2.15 bits per heavy atom. The Labute approximate surface area is 126 Å². The second kappa shape index (κ2) is 8.25. The molecule has 0 radical (unpaired) electrons. The average Bonchev–Trinajstić information content (AvgIpc) is 2.39. The number of carbonyl (C=O) groups excluding carboxylic acids is 1. The van der Waals surface area contributed by atoms with Gasteiger partial charge >= 0.3 is 0 Å². The third-order valence-electron chi connectivity index (χ3n) is 3.26. The minimum absolute atomic E-state index is 0.00900. The van der Waals surface area contributed by atoms with Gasteiger partial charge in [-0.3, -0.25) is 9.69 Å². The summed E-state index contributed by atoms with van der Waals surface area (Å²) >= 11 is 5.96. The Morgan fingerprint density at radius 3 is 2.70 bits per heavy atom. The molecular formula is C15H23ClN2O2. The Bertz CT molecular complexity index is 438. The number of nitrogens with one attached hydrogen (secondary N) is 1. The van der Waals surface area contributed by atoms with Crippen molar-refractivity contribution in [2.75, 3.05) is 27.2 Å². The normalized spacial score (nSPS) is 12.8. The predicted molar refractivity (Wildman–Crippen MR) is 82.0 cm³/mol. The van der Waals surface area contributed by atoms with E-state index in [1.807, 2.05) is 36.2 Å². The fourth-order valence-corrected chi connectivity index (χ4v) is 1.91. The lowest BCUT2D eigenvalue weighted by atomic mass is 10.1. The first-order valence-electron chi connectivity index (χ1n) is 6.69. The van der Waals surface area contributed by atoms with Crippen molar-refractivity contribution in [1.29, 1.82) is 0 Å².